The number of methoxy groups -OCH3 is 1. The van der Waals surface area contributed by atoms with Gasteiger partial charge in [-0.05, 0) is 44.4 Å². The summed E-state index contributed by atoms with van der Waals surface area (Å²) in [6.45, 7) is 8.42. The first-order chi connectivity index (χ1) is 13.2. The van der Waals surface area contributed by atoms with E-state index in [1.54, 1.807) is 7.11 Å². The SMILES string of the molecule is CCNC(=NCc1ccc(OCC)c(OC)c1)NCCCN1CCCC1=O.I. The van der Waals surface area contributed by atoms with Gasteiger partial charge in [0.2, 0.25) is 5.91 Å². The van der Waals surface area contributed by atoms with Gasteiger partial charge >= 0.3 is 0 Å². The van der Waals surface area contributed by atoms with Gasteiger partial charge in [0.1, 0.15) is 0 Å². The highest BCUT2D eigenvalue weighted by Crippen LogP contribution is 2.28. The number of halogens is 1. The fraction of sp³-hybridized carbons (Fsp3) is 0.600. The molecule has 1 aliphatic heterocycles. The van der Waals surface area contributed by atoms with Crippen LogP contribution in [0.3, 0.4) is 0 Å². The number of carbonyl (C=O) groups excluding carboxylic acids is 1. The van der Waals surface area contributed by atoms with Gasteiger partial charge < -0.3 is 25.0 Å². The number of amides is 1. The number of rotatable bonds is 10. The molecule has 1 aliphatic rings. The molecule has 28 heavy (non-hydrogen) atoms. The molecule has 0 atom stereocenters. The maximum atomic E-state index is 11.6. The second kappa shape index (κ2) is 13.5. The molecule has 7 nitrogen and oxygen atoms in total. The number of guanidine groups is 1. The van der Waals surface area contributed by atoms with Crippen LogP contribution in [-0.4, -0.2) is 56.7 Å². The summed E-state index contributed by atoms with van der Waals surface area (Å²) in [4.78, 5) is 18.2. The summed E-state index contributed by atoms with van der Waals surface area (Å²) in [5, 5.41) is 6.59. The lowest BCUT2D eigenvalue weighted by molar-refractivity contribution is -0.127. The van der Waals surface area contributed by atoms with E-state index in [-0.39, 0.29) is 29.9 Å². The highest BCUT2D eigenvalue weighted by Gasteiger charge is 2.18. The Balaban J connectivity index is 0.00000392. The van der Waals surface area contributed by atoms with E-state index in [1.165, 1.54) is 0 Å². The average molecular weight is 504 g/mol. The third kappa shape index (κ3) is 7.73. The van der Waals surface area contributed by atoms with Gasteiger partial charge in [0.25, 0.3) is 0 Å². The molecule has 1 saturated heterocycles. The summed E-state index contributed by atoms with van der Waals surface area (Å²) in [5.74, 6) is 2.52. The zero-order valence-corrected chi connectivity index (χ0v) is 19.5. The van der Waals surface area contributed by atoms with Crippen LogP contribution in [-0.2, 0) is 11.3 Å². The summed E-state index contributed by atoms with van der Waals surface area (Å²) >= 11 is 0. The van der Waals surface area contributed by atoms with E-state index in [2.05, 4.69) is 15.6 Å². The van der Waals surface area contributed by atoms with Crippen molar-refractivity contribution in [3.05, 3.63) is 23.8 Å². The zero-order chi connectivity index (χ0) is 19.5. The number of hydrogen-bond donors (Lipinski definition) is 2. The van der Waals surface area contributed by atoms with E-state index in [0.29, 0.717) is 19.6 Å². The molecule has 0 aromatic heterocycles. The van der Waals surface area contributed by atoms with Crippen molar-refractivity contribution in [1.82, 2.24) is 15.5 Å². The first-order valence-electron chi connectivity index (χ1n) is 9.77. The fourth-order valence-electron chi connectivity index (χ4n) is 3.01. The Morgan fingerprint density at radius 1 is 1.25 bits per heavy atom. The molecule has 1 fully saturated rings. The van der Waals surface area contributed by atoms with Gasteiger partial charge in [-0.1, -0.05) is 6.07 Å². The van der Waals surface area contributed by atoms with Gasteiger partial charge in [0.05, 0.1) is 20.3 Å². The first-order valence-corrected chi connectivity index (χ1v) is 9.77. The van der Waals surface area contributed by atoms with Crippen LogP contribution in [0.2, 0.25) is 0 Å². The molecule has 0 spiro atoms. The van der Waals surface area contributed by atoms with E-state index >= 15 is 0 Å². The average Bonchev–Trinajstić information content (AvgIpc) is 3.09. The van der Waals surface area contributed by atoms with Crippen LogP contribution in [0, 0.1) is 0 Å². The van der Waals surface area contributed by atoms with Crippen molar-refractivity contribution < 1.29 is 14.3 Å². The van der Waals surface area contributed by atoms with Crippen LogP contribution in [0.5, 0.6) is 11.5 Å². The smallest absolute Gasteiger partial charge is 0.222 e. The Morgan fingerprint density at radius 2 is 2.07 bits per heavy atom. The monoisotopic (exact) mass is 504 g/mol. The molecule has 2 rings (SSSR count). The Bertz CT molecular complexity index is 640. The number of nitrogens with zero attached hydrogens (tertiary/aromatic N) is 2. The lowest BCUT2D eigenvalue weighted by Gasteiger charge is -2.16. The van der Waals surface area contributed by atoms with Crippen molar-refractivity contribution in [2.24, 2.45) is 4.99 Å². The normalized spacial score (nSPS) is 13.9. The van der Waals surface area contributed by atoms with Crippen molar-refractivity contribution in [1.29, 1.82) is 0 Å². The Hall–Kier alpha value is -1.71. The first kappa shape index (κ1) is 24.3. The van der Waals surface area contributed by atoms with Crippen LogP contribution in [0.4, 0.5) is 0 Å². The number of nitrogens with one attached hydrogen (secondary N) is 2. The second-order valence-corrected chi connectivity index (χ2v) is 6.38. The molecule has 0 bridgehead atoms. The Morgan fingerprint density at radius 3 is 2.71 bits per heavy atom. The Labute approximate surface area is 185 Å². The van der Waals surface area contributed by atoms with Crippen LogP contribution in [0.15, 0.2) is 23.2 Å². The summed E-state index contributed by atoms with van der Waals surface area (Å²) in [6.07, 6.45) is 2.60. The van der Waals surface area contributed by atoms with Gasteiger partial charge in [-0.25, -0.2) is 4.99 Å². The summed E-state index contributed by atoms with van der Waals surface area (Å²) in [6, 6.07) is 5.87. The Kier molecular flexibility index (Phi) is 11.7. The molecular weight excluding hydrogens is 471 g/mol. The summed E-state index contributed by atoms with van der Waals surface area (Å²) < 4.78 is 10.9. The maximum absolute atomic E-state index is 11.6. The number of ether oxygens (including phenoxy) is 2. The minimum absolute atomic E-state index is 0. The zero-order valence-electron chi connectivity index (χ0n) is 17.1. The molecule has 2 N–H and O–H groups in total. The van der Waals surface area contributed by atoms with Crippen molar-refractivity contribution in [3.8, 4) is 11.5 Å². The van der Waals surface area contributed by atoms with Gasteiger partial charge in [-0.3, -0.25) is 4.79 Å². The van der Waals surface area contributed by atoms with E-state index in [1.807, 2.05) is 36.9 Å². The molecule has 1 amide bonds. The number of likely N-dealkylation sites (tertiary alicyclic amines) is 1. The fourth-order valence-corrected chi connectivity index (χ4v) is 3.01. The number of hydrogen-bond acceptors (Lipinski definition) is 4. The summed E-state index contributed by atoms with van der Waals surface area (Å²) in [7, 11) is 1.64. The minimum atomic E-state index is 0. The van der Waals surface area contributed by atoms with E-state index in [4.69, 9.17) is 9.47 Å². The second-order valence-electron chi connectivity index (χ2n) is 6.38. The summed E-state index contributed by atoms with van der Waals surface area (Å²) in [5.41, 5.74) is 1.05. The topological polar surface area (TPSA) is 75.2 Å². The quantitative estimate of drug-likeness (QED) is 0.222. The molecule has 8 heteroatoms. The lowest BCUT2D eigenvalue weighted by Crippen LogP contribution is -2.39. The predicted molar refractivity (Wildman–Crippen MR) is 123 cm³/mol. The van der Waals surface area contributed by atoms with E-state index < -0.39 is 0 Å². The number of carbonyl (C=O) groups is 1. The van der Waals surface area contributed by atoms with Gasteiger partial charge in [0.15, 0.2) is 17.5 Å². The third-order valence-electron chi connectivity index (χ3n) is 4.36. The van der Waals surface area contributed by atoms with Crippen molar-refractivity contribution in [2.75, 3.05) is 39.9 Å². The highest BCUT2D eigenvalue weighted by molar-refractivity contribution is 14.0. The lowest BCUT2D eigenvalue weighted by atomic mass is 10.2. The van der Waals surface area contributed by atoms with Crippen molar-refractivity contribution >= 4 is 35.8 Å². The van der Waals surface area contributed by atoms with Crippen LogP contribution < -0.4 is 20.1 Å². The molecule has 0 radical (unpaired) electrons. The highest BCUT2D eigenvalue weighted by atomic mass is 127. The number of aliphatic imine (C=N–C) groups is 1. The molecule has 0 saturated carbocycles. The van der Waals surface area contributed by atoms with Crippen LogP contribution in [0.1, 0.15) is 38.7 Å². The molecule has 1 heterocycles. The molecule has 0 unspecified atom stereocenters. The largest absolute Gasteiger partial charge is 0.493 e. The predicted octanol–water partition coefficient (Wildman–Crippen LogP) is 2.78. The molecular formula is C20H33IN4O3. The van der Waals surface area contributed by atoms with E-state index in [9.17, 15) is 4.79 Å². The van der Waals surface area contributed by atoms with Gasteiger partial charge in [-0.15, -0.1) is 24.0 Å². The van der Waals surface area contributed by atoms with Crippen LogP contribution in [0.25, 0.3) is 0 Å². The molecule has 1 aromatic carbocycles. The van der Waals surface area contributed by atoms with Crippen molar-refractivity contribution in [2.45, 2.75) is 39.7 Å². The minimum Gasteiger partial charge on any atom is -0.493 e. The van der Waals surface area contributed by atoms with E-state index in [0.717, 1.165) is 62.0 Å². The van der Waals surface area contributed by atoms with Crippen LogP contribution >= 0.6 is 24.0 Å². The molecule has 1 aromatic rings. The molecule has 158 valence electrons. The van der Waals surface area contributed by atoms with Crippen molar-refractivity contribution in [3.63, 3.8) is 0 Å². The standard InChI is InChI=1S/C20H32N4O3.HI/c1-4-21-20(22-11-7-13-24-12-6-8-19(24)25)23-15-16-9-10-17(27-5-2)18(14-16)26-3;/h9-10,14H,4-8,11-13,15H2,1-3H3,(H2,21,22,23);1H. The third-order valence-corrected chi connectivity index (χ3v) is 4.36. The maximum Gasteiger partial charge on any atom is 0.222 e. The number of benzene rings is 1. The van der Waals surface area contributed by atoms with Gasteiger partial charge in [0, 0.05) is 32.6 Å². The molecule has 0 aliphatic carbocycles. The van der Waals surface area contributed by atoms with Gasteiger partial charge in [-0.2, -0.15) is 0 Å².